The molecule has 124 valence electrons. The van der Waals surface area contributed by atoms with Crippen LogP contribution in [0.5, 0.6) is 0 Å². The molecule has 1 aromatic heterocycles. The summed E-state index contributed by atoms with van der Waals surface area (Å²) in [5.41, 5.74) is 0.611. The Balaban J connectivity index is 1.93. The minimum atomic E-state index is -0.313. The molecule has 0 unspecified atom stereocenters. The zero-order chi connectivity index (χ0) is 17.1. The van der Waals surface area contributed by atoms with E-state index in [0.29, 0.717) is 34.0 Å². The van der Waals surface area contributed by atoms with E-state index in [1.807, 2.05) is 13.8 Å². The first-order chi connectivity index (χ1) is 11.5. The van der Waals surface area contributed by atoms with Gasteiger partial charge in [-0.25, -0.2) is 9.38 Å². The van der Waals surface area contributed by atoms with Gasteiger partial charge < -0.3 is 4.42 Å². The highest BCUT2D eigenvalue weighted by molar-refractivity contribution is 8.18. The number of furan rings is 1. The number of amides is 1. The molecule has 1 aromatic carbocycles. The molecule has 0 aliphatic carbocycles. The lowest BCUT2D eigenvalue weighted by Gasteiger charge is -2.17. The van der Waals surface area contributed by atoms with Gasteiger partial charge in [0, 0.05) is 12.6 Å². The lowest BCUT2D eigenvalue weighted by Crippen LogP contribution is -2.32. The summed E-state index contributed by atoms with van der Waals surface area (Å²) in [5.74, 6) is 0.520. The van der Waals surface area contributed by atoms with Gasteiger partial charge >= 0.3 is 0 Å². The van der Waals surface area contributed by atoms with E-state index in [1.54, 1.807) is 41.5 Å². The summed E-state index contributed by atoms with van der Waals surface area (Å²) in [6, 6.07) is 9.46. The maximum absolute atomic E-state index is 13.0. The van der Waals surface area contributed by atoms with Gasteiger partial charge in [-0.1, -0.05) is 13.8 Å². The Kier molecular flexibility index (Phi) is 4.85. The number of hydrogen-bond donors (Lipinski definition) is 0. The molecule has 0 bridgehead atoms. The van der Waals surface area contributed by atoms with Crippen LogP contribution in [0, 0.1) is 11.7 Å². The van der Waals surface area contributed by atoms with Gasteiger partial charge in [0.1, 0.15) is 11.6 Å². The van der Waals surface area contributed by atoms with Crippen LogP contribution in [0.25, 0.3) is 6.08 Å². The van der Waals surface area contributed by atoms with Crippen molar-refractivity contribution in [2.75, 3.05) is 6.54 Å². The molecule has 3 rings (SSSR count). The fourth-order valence-corrected chi connectivity index (χ4v) is 3.23. The van der Waals surface area contributed by atoms with Crippen molar-refractivity contribution in [2.24, 2.45) is 10.9 Å². The lowest BCUT2D eigenvalue weighted by molar-refractivity contribution is -0.122. The van der Waals surface area contributed by atoms with Crippen LogP contribution in [-0.4, -0.2) is 22.5 Å². The van der Waals surface area contributed by atoms with Crippen molar-refractivity contribution in [1.29, 1.82) is 0 Å². The molecule has 1 aliphatic rings. The average molecular weight is 344 g/mol. The summed E-state index contributed by atoms with van der Waals surface area (Å²) in [7, 11) is 0. The SMILES string of the molecule is CC(C)CN1C(=O)/C(=C\c2ccco2)SC1=Nc1ccc(F)cc1. The van der Waals surface area contributed by atoms with Crippen LogP contribution in [0.4, 0.5) is 10.1 Å². The molecule has 6 heteroatoms. The van der Waals surface area contributed by atoms with Crippen LogP contribution >= 0.6 is 11.8 Å². The molecular formula is C18H17FN2O2S. The Hall–Kier alpha value is -2.34. The van der Waals surface area contributed by atoms with Gasteiger partial charge in [-0.3, -0.25) is 9.69 Å². The number of rotatable bonds is 4. The van der Waals surface area contributed by atoms with E-state index in [2.05, 4.69) is 4.99 Å². The maximum Gasteiger partial charge on any atom is 0.266 e. The molecule has 1 fully saturated rings. The molecular weight excluding hydrogens is 327 g/mol. The fraction of sp³-hybridized carbons (Fsp3) is 0.222. The number of hydrogen-bond acceptors (Lipinski definition) is 4. The number of carbonyl (C=O) groups is 1. The highest BCUT2D eigenvalue weighted by Crippen LogP contribution is 2.34. The molecule has 0 atom stereocenters. The highest BCUT2D eigenvalue weighted by Gasteiger charge is 2.33. The van der Waals surface area contributed by atoms with Crippen molar-refractivity contribution in [2.45, 2.75) is 13.8 Å². The molecule has 0 spiro atoms. The first-order valence-electron chi connectivity index (χ1n) is 7.62. The third-order valence-corrected chi connectivity index (χ3v) is 4.31. The number of halogens is 1. The summed E-state index contributed by atoms with van der Waals surface area (Å²) < 4.78 is 18.3. The first-order valence-corrected chi connectivity index (χ1v) is 8.44. The van der Waals surface area contributed by atoms with Crippen LogP contribution in [-0.2, 0) is 4.79 Å². The van der Waals surface area contributed by atoms with Crippen molar-refractivity contribution in [3.8, 4) is 0 Å². The lowest BCUT2D eigenvalue weighted by atomic mass is 10.2. The molecule has 4 nitrogen and oxygen atoms in total. The zero-order valence-electron chi connectivity index (χ0n) is 13.4. The molecule has 0 radical (unpaired) electrons. The second kappa shape index (κ2) is 7.05. The third kappa shape index (κ3) is 3.76. The Bertz CT molecular complexity index is 780. The summed E-state index contributed by atoms with van der Waals surface area (Å²) in [6.07, 6.45) is 3.28. The summed E-state index contributed by atoms with van der Waals surface area (Å²) in [5, 5.41) is 0.595. The molecule has 0 saturated carbocycles. The van der Waals surface area contributed by atoms with Gasteiger partial charge in [-0.2, -0.15) is 0 Å². The molecule has 1 amide bonds. The highest BCUT2D eigenvalue weighted by atomic mass is 32.2. The summed E-state index contributed by atoms with van der Waals surface area (Å²) in [6.45, 7) is 4.66. The fourth-order valence-electron chi connectivity index (χ4n) is 2.25. The Morgan fingerprint density at radius 2 is 2.04 bits per heavy atom. The van der Waals surface area contributed by atoms with Crippen molar-refractivity contribution in [3.63, 3.8) is 0 Å². The van der Waals surface area contributed by atoms with Gasteiger partial charge in [0.2, 0.25) is 0 Å². The molecule has 2 heterocycles. The van der Waals surface area contributed by atoms with E-state index < -0.39 is 0 Å². The Labute approximate surface area is 144 Å². The van der Waals surface area contributed by atoms with E-state index in [0.717, 1.165) is 0 Å². The van der Waals surface area contributed by atoms with Gasteiger partial charge in [0.15, 0.2) is 5.17 Å². The number of benzene rings is 1. The van der Waals surface area contributed by atoms with Gasteiger partial charge in [0.25, 0.3) is 5.91 Å². The largest absolute Gasteiger partial charge is 0.465 e. The third-order valence-electron chi connectivity index (χ3n) is 3.30. The Morgan fingerprint density at radius 3 is 2.67 bits per heavy atom. The van der Waals surface area contributed by atoms with E-state index in [-0.39, 0.29) is 11.7 Å². The molecule has 1 aliphatic heterocycles. The predicted octanol–water partition coefficient (Wildman–Crippen LogP) is 4.68. The summed E-state index contributed by atoms with van der Waals surface area (Å²) >= 11 is 1.30. The van der Waals surface area contributed by atoms with Crippen molar-refractivity contribution >= 4 is 34.6 Å². The van der Waals surface area contributed by atoms with Crippen molar-refractivity contribution in [1.82, 2.24) is 4.90 Å². The van der Waals surface area contributed by atoms with Gasteiger partial charge in [0.05, 0.1) is 16.9 Å². The minimum absolute atomic E-state index is 0.0917. The molecule has 0 N–H and O–H groups in total. The van der Waals surface area contributed by atoms with Gasteiger partial charge in [-0.15, -0.1) is 0 Å². The van der Waals surface area contributed by atoms with E-state index >= 15 is 0 Å². The standard InChI is InChI=1S/C18H17FN2O2S/c1-12(2)11-21-17(22)16(10-15-4-3-9-23-15)24-18(21)20-14-7-5-13(19)6-8-14/h3-10,12H,11H2,1-2H3/b16-10+,20-18?. The number of nitrogens with zero attached hydrogens (tertiary/aromatic N) is 2. The summed E-state index contributed by atoms with van der Waals surface area (Å²) in [4.78, 5) is 19.4. The van der Waals surface area contributed by atoms with Crippen LogP contribution in [0.1, 0.15) is 19.6 Å². The van der Waals surface area contributed by atoms with E-state index in [1.165, 1.54) is 23.9 Å². The van der Waals surface area contributed by atoms with Crippen LogP contribution < -0.4 is 0 Å². The number of carbonyl (C=O) groups excluding carboxylic acids is 1. The van der Waals surface area contributed by atoms with Gasteiger partial charge in [-0.05, 0) is 54.1 Å². The van der Waals surface area contributed by atoms with Crippen LogP contribution in [0.3, 0.4) is 0 Å². The average Bonchev–Trinajstić information content (AvgIpc) is 3.14. The topological polar surface area (TPSA) is 45.8 Å². The first kappa shape index (κ1) is 16.5. The smallest absolute Gasteiger partial charge is 0.266 e. The van der Waals surface area contributed by atoms with Crippen LogP contribution in [0.2, 0.25) is 0 Å². The van der Waals surface area contributed by atoms with E-state index in [9.17, 15) is 9.18 Å². The number of thioether (sulfide) groups is 1. The zero-order valence-corrected chi connectivity index (χ0v) is 14.2. The monoisotopic (exact) mass is 344 g/mol. The predicted molar refractivity (Wildman–Crippen MR) is 94.3 cm³/mol. The molecule has 1 saturated heterocycles. The van der Waals surface area contributed by atoms with E-state index in [4.69, 9.17) is 4.42 Å². The molecule has 2 aromatic rings. The second-order valence-electron chi connectivity index (χ2n) is 5.81. The maximum atomic E-state index is 13.0. The minimum Gasteiger partial charge on any atom is -0.465 e. The molecule has 24 heavy (non-hydrogen) atoms. The number of aliphatic imine (C=N–C) groups is 1. The number of amidine groups is 1. The second-order valence-corrected chi connectivity index (χ2v) is 6.82. The quantitative estimate of drug-likeness (QED) is 0.757. The van der Waals surface area contributed by atoms with Crippen LogP contribution in [0.15, 0.2) is 57.0 Å². The normalized spacial score (nSPS) is 18.3. The Morgan fingerprint density at radius 1 is 1.29 bits per heavy atom. The van der Waals surface area contributed by atoms with Crippen molar-refractivity contribution < 1.29 is 13.6 Å². The van der Waals surface area contributed by atoms with Crippen molar-refractivity contribution in [3.05, 3.63) is 59.1 Å².